The number of carbonyl (C=O) groups is 1. The average Bonchev–Trinajstić information content (AvgIpc) is 2.67. The van der Waals surface area contributed by atoms with E-state index in [0.717, 1.165) is 39.1 Å². The zero-order valence-electron chi connectivity index (χ0n) is 16.1. The van der Waals surface area contributed by atoms with Crippen LogP contribution in [0.5, 0.6) is 0 Å². The van der Waals surface area contributed by atoms with E-state index in [1.165, 1.54) is 17.4 Å². The van der Waals surface area contributed by atoms with Crippen molar-refractivity contribution in [3.05, 3.63) is 65.1 Å². The number of aryl methyl sites for hydroxylation is 1. The number of nitrogens with zero attached hydrogens (tertiary/aromatic N) is 3. The second kappa shape index (κ2) is 8.86. The van der Waals surface area contributed by atoms with Crippen LogP contribution in [0.25, 0.3) is 0 Å². The van der Waals surface area contributed by atoms with E-state index < -0.39 is 0 Å². The van der Waals surface area contributed by atoms with Gasteiger partial charge in [-0.1, -0.05) is 12.1 Å². The van der Waals surface area contributed by atoms with Crippen molar-refractivity contribution in [2.24, 2.45) is 0 Å². The molecule has 1 aromatic heterocycles. The number of carbonyl (C=O) groups excluding carboxylic acids is 1. The Morgan fingerprint density at radius 3 is 2.67 bits per heavy atom. The number of hydrogen-bond acceptors (Lipinski definition) is 4. The molecule has 1 saturated heterocycles. The van der Waals surface area contributed by atoms with E-state index in [1.54, 1.807) is 18.2 Å². The minimum Gasteiger partial charge on any atom is -0.618 e. The van der Waals surface area contributed by atoms with Gasteiger partial charge in [-0.05, 0) is 44.0 Å². The summed E-state index contributed by atoms with van der Waals surface area (Å²) in [5, 5.41) is 14.6. The fraction of sp³-hybridized carbons (Fsp3) is 0.429. The maximum absolute atomic E-state index is 12.2. The summed E-state index contributed by atoms with van der Waals surface area (Å²) in [6.45, 7) is 9.13. The lowest BCUT2D eigenvalue weighted by molar-refractivity contribution is -0.607. The monoisotopic (exact) mass is 368 g/mol. The van der Waals surface area contributed by atoms with Crippen LogP contribution in [-0.4, -0.2) is 49.6 Å². The van der Waals surface area contributed by atoms with Gasteiger partial charge in [0.2, 0.25) is 0 Å². The highest BCUT2D eigenvalue weighted by Crippen LogP contribution is 2.17. The smallest absolute Gasteiger partial charge is 0.317 e. The molecule has 6 nitrogen and oxygen atoms in total. The lowest BCUT2D eigenvalue weighted by atomic mass is 10.1. The highest BCUT2D eigenvalue weighted by atomic mass is 16.5. The Morgan fingerprint density at radius 1 is 1.19 bits per heavy atom. The molecule has 6 heteroatoms. The first-order valence-electron chi connectivity index (χ1n) is 9.56. The molecule has 2 heterocycles. The van der Waals surface area contributed by atoms with Gasteiger partial charge in [0.1, 0.15) is 0 Å². The van der Waals surface area contributed by atoms with Crippen molar-refractivity contribution < 1.29 is 9.52 Å². The molecule has 1 aromatic carbocycles. The Balaban J connectivity index is 1.42. The van der Waals surface area contributed by atoms with Crippen molar-refractivity contribution >= 4 is 11.6 Å². The Labute approximate surface area is 161 Å². The normalized spacial score (nSPS) is 16.1. The number of anilines is 1. The van der Waals surface area contributed by atoms with E-state index in [2.05, 4.69) is 46.3 Å². The standard InChI is InChI=1S/C21H28N4O2/c1-17-6-5-7-19(16-17)24-14-12-23(13-15-24)11-9-18(2)22-21(26)20-8-3-4-10-25(20)27/h3-8,10,16,18H,9,11-15H2,1-2H3,(H,22,26). The maximum Gasteiger partial charge on any atom is 0.317 e. The first-order valence-corrected chi connectivity index (χ1v) is 9.56. The molecule has 1 aliphatic rings. The number of aromatic nitrogens is 1. The molecule has 0 aliphatic carbocycles. The molecule has 0 spiro atoms. The predicted octanol–water partition coefficient (Wildman–Crippen LogP) is 1.96. The van der Waals surface area contributed by atoms with E-state index in [4.69, 9.17) is 0 Å². The second-order valence-corrected chi connectivity index (χ2v) is 7.24. The zero-order valence-corrected chi connectivity index (χ0v) is 16.1. The third kappa shape index (κ3) is 5.20. The molecule has 1 fully saturated rings. The van der Waals surface area contributed by atoms with E-state index in [9.17, 15) is 10.0 Å². The molecule has 0 bridgehead atoms. The van der Waals surface area contributed by atoms with Crippen LogP contribution in [0, 0.1) is 12.1 Å². The summed E-state index contributed by atoms with van der Waals surface area (Å²) in [6, 6.07) is 13.5. The largest absolute Gasteiger partial charge is 0.618 e. The van der Waals surface area contributed by atoms with Crippen LogP contribution in [-0.2, 0) is 0 Å². The topological polar surface area (TPSA) is 62.5 Å². The van der Waals surface area contributed by atoms with Gasteiger partial charge < -0.3 is 15.4 Å². The van der Waals surface area contributed by atoms with Crippen LogP contribution in [0.3, 0.4) is 0 Å². The molecule has 0 radical (unpaired) electrons. The van der Waals surface area contributed by atoms with Gasteiger partial charge in [0.05, 0.1) is 0 Å². The molecule has 144 valence electrons. The average molecular weight is 368 g/mol. The van der Waals surface area contributed by atoms with Crippen LogP contribution >= 0.6 is 0 Å². The Kier molecular flexibility index (Phi) is 6.29. The third-order valence-electron chi connectivity index (χ3n) is 5.05. The number of pyridine rings is 1. The Bertz CT molecular complexity index is 772. The molecule has 1 amide bonds. The Hall–Kier alpha value is -2.60. The minimum absolute atomic E-state index is 0.0208. The SMILES string of the molecule is Cc1cccc(N2CCN(CCC(C)NC(=O)c3cccc[n+]3[O-])CC2)c1. The van der Waals surface area contributed by atoms with Gasteiger partial charge in [0.25, 0.3) is 5.69 Å². The van der Waals surface area contributed by atoms with E-state index in [0.29, 0.717) is 4.73 Å². The molecule has 2 aromatic rings. The van der Waals surface area contributed by atoms with E-state index >= 15 is 0 Å². The molecule has 1 aliphatic heterocycles. The summed E-state index contributed by atoms with van der Waals surface area (Å²) in [5.41, 5.74) is 2.72. The van der Waals surface area contributed by atoms with Gasteiger partial charge in [-0.2, -0.15) is 4.73 Å². The minimum atomic E-state index is -0.317. The van der Waals surface area contributed by atoms with Crippen molar-refractivity contribution in [3.63, 3.8) is 0 Å². The summed E-state index contributed by atoms with van der Waals surface area (Å²) in [5.74, 6) is -0.317. The number of nitrogens with one attached hydrogen (secondary N) is 1. The van der Waals surface area contributed by atoms with Gasteiger partial charge in [-0.3, -0.25) is 9.69 Å². The number of amides is 1. The van der Waals surface area contributed by atoms with Crippen molar-refractivity contribution in [1.29, 1.82) is 0 Å². The van der Waals surface area contributed by atoms with Crippen molar-refractivity contribution in [3.8, 4) is 0 Å². The molecule has 1 unspecified atom stereocenters. The molecule has 1 atom stereocenters. The summed E-state index contributed by atoms with van der Waals surface area (Å²) < 4.78 is 0.604. The molecule has 0 saturated carbocycles. The van der Waals surface area contributed by atoms with Crippen molar-refractivity contribution in [2.45, 2.75) is 26.3 Å². The van der Waals surface area contributed by atoms with Crippen molar-refractivity contribution in [2.75, 3.05) is 37.6 Å². The van der Waals surface area contributed by atoms with Crippen molar-refractivity contribution in [1.82, 2.24) is 10.2 Å². The fourth-order valence-corrected chi connectivity index (χ4v) is 3.40. The second-order valence-electron chi connectivity index (χ2n) is 7.24. The number of benzene rings is 1. The molecular formula is C21H28N4O2. The summed E-state index contributed by atoms with van der Waals surface area (Å²) >= 11 is 0. The third-order valence-corrected chi connectivity index (χ3v) is 5.05. The van der Waals surface area contributed by atoms with Crippen LogP contribution in [0.15, 0.2) is 48.7 Å². The van der Waals surface area contributed by atoms with Gasteiger partial charge >= 0.3 is 5.91 Å². The van der Waals surface area contributed by atoms with Gasteiger partial charge in [0.15, 0.2) is 6.20 Å². The first kappa shape index (κ1) is 19.2. The zero-order chi connectivity index (χ0) is 19.2. The van der Waals surface area contributed by atoms with Crippen LogP contribution in [0.4, 0.5) is 5.69 Å². The summed E-state index contributed by atoms with van der Waals surface area (Å²) in [6.07, 6.45) is 2.20. The number of rotatable bonds is 6. The van der Waals surface area contributed by atoms with Gasteiger partial charge in [-0.15, -0.1) is 0 Å². The fourth-order valence-electron chi connectivity index (χ4n) is 3.40. The summed E-state index contributed by atoms with van der Waals surface area (Å²) in [7, 11) is 0. The highest BCUT2D eigenvalue weighted by Gasteiger charge is 2.20. The predicted molar refractivity (Wildman–Crippen MR) is 107 cm³/mol. The Morgan fingerprint density at radius 2 is 1.96 bits per heavy atom. The van der Waals surface area contributed by atoms with Gasteiger partial charge in [-0.25, -0.2) is 0 Å². The van der Waals surface area contributed by atoms with E-state index in [-0.39, 0.29) is 17.6 Å². The molecule has 27 heavy (non-hydrogen) atoms. The number of hydrogen-bond donors (Lipinski definition) is 1. The van der Waals surface area contributed by atoms with Crippen LogP contribution in [0.2, 0.25) is 0 Å². The number of piperazine rings is 1. The van der Waals surface area contributed by atoms with E-state index in [1.807, 2.05) is 6.92 Å². The molecular weight excluding hydrogens is 340 g/mol. The lowest BCUT2D eigenvalue weighted by Crippen LogP contribution is -2.48. The van der Waals surface area contributed by atoms with Crippen LogP contribution < -0.4 is 14.9 Å². The van der Waals surface area contributed by atoms with Crippen LogP contribution in [0.1, 0.15) is 29.4 Å². The highest BCUT2D eigenvalue weighted by molar-refractivity contribution is 5.91. The first-order chi connectivity index (χ1) is 13.0. The summed E-state index contributed by atoms with van der Waals surface area (Å²) in [4.78, 5) is 17.1. The maximum atomic E-state index is 12.2. The lowest BCUT2D eigenvalue weighted by Gasteiger charge is -2.36. The quantitative estimate of drug-likeness (QED) is 0.625. The van der Waals surface area contributed by atoms with Gasteiger partial charge in [0, 0.05) is 56.6 Å². The molecule has 1 N–H and O–H groups in total. The molecule has 3 rings (SSSR count).